The molecule has 108 valence electrons. The number of nitrogens with one attached hydrogen (secondary N) is 1. The molecule has 0 aliphatic carbocycles. The molecule has 1 heterocycles. The molecule has 0 spiro atoms. The number of sulfonamides is 1. The number of anilines is 1. The maximum atomic E-state index is 11.7. The van der Waals surface area contributed by atoms with E-state index in [1.54, 1.807) is 36.8 Å². The van der Waals surface area contributed by atoms with E-state index in [4.69, 9.17) is 9.47 Å². The van der Waals surface area contributed by atoms with Crippen molar-refractivity contribution < 1.29 is 17.9 Å². The van der Waals surface area contributed by atoms with E-state index in [2.05, 4.69) is 9.71 Å². The van der Waals surface area contributed by atoms with Crippen LogP contribution in [0.25, 0.3) is 0 Å². The minimum absolute atomic E-state index is 0.0625. The van der Waals surface area contributed by atoms with Crippen LogP contribution >= 0.6 is 11.3 Å². The first-order valence-corrected chi connectivity index (χ1v) is 8.29. The van der Waals surface area contributed by atoms with Crippen molar-refractivity contribution in [3.8, 4) is 11.5 Å². The molecule has 0 fully saturated rings. The molecule has 8 heteroatoms. The van der Waals surface area contributed by atoms with Crippen LogP contribution in [0.2, 0.25) is 0 Å². The van der Waals surface area contributed by atoms with Crippen molar-refractivity contribution in [1.82, 2.24) is 4.98 Å². The van der Waals surface area contributed by atoms with Crippen LogP contribution in [-0.4, -0.2) is 32.9 Å². The van der Waals surface area contributed by atoms with Crippen molar-refractivity contribution in [2.45, 2.75) is 0 Å². The second kappa shape index (κ2) is 6.58. The van der Waals surface area contributed by atoms with Crippen molar-refractivity contribution in [1.29, 1.82) is 0 Å². The van der Waals surface area contributed by atoms with E-state index in [1.165, 1.54) is 17.5 Å². The zero-order valence-electron chi connectivity index (χ0n) is 10.8. The number of hydrogen-bond acceptors (Lipinski definition) is 6. The third-order valence-corrected chi connectivity index (χ3v) is 4.38. The van der Waals surface area contributed by atoms with Crippen LogP contribution in [0.15, 0.2) is 35.8 Å². The third-order valence-electron chi connectivity index (χ3n) is 2.36. The van der Waals surface area contributed by atoms with Gasteiger partial charge in [0.25, 0.3) is 0 Å². The Morgan fingerprint density at radius 1 is 1.25 bits per heavy atom. The van der Waals surface area contributed by atoms with Gasteiger partial charge in [-0.3, -0.25) is 4.72 Å². The van der Waals surface area contributed by atoms with Crippen molar-refractivity contribution >= 4 is 26.5 Å². The molecule has 0 saturated carbocycles. The standard InChI is InChI=1S/C12H14N2O4S2/c1-17-10-2-4-11(5-3-10)18-7-9-20(15,16)14-12-13-6-8-19-12/h2-6,8H,7,9H2,1H3,(H,13,14). The maximum absolute atomic E-state index is 11.7. The summed E-state index contributed by atoms with van der Waals surface area (Å²) in [6, 6.07) is 6.94. The Labute approximate surface area is 121 Å². The second-order valence-corrected chi connectivity index (χ2v) is 6.52. The van der Waals surface area contributed by atoms with Crippen LogP contribution in [0, 0.1) is 0 Å². The Morgan fingerprint density at radius 3 is 2.55 bits per heavy atom. The fraction of sp³-hybridized carbons (Fsp3) is 0.250. The van der Waals surface area contributed by atoms with Gasteiger partial charge in [-0.25, -0.2) is 13.4 Å². The molecule has 2 rings (SSSR count). The summed E-state index contributed by atoms with van der Waals surface area (Å²) in [4.78, 5) is 3.86. The van der Waals surface area contributed by atoms with Crippen molar-refractivity contribution in [2.24, 2.45) is 0 Å². The SMILES string of the molecule is COc1ccc(OCCS(=O)(=O)Nc2nccs2)cc1. The summed E-state index contributed by atoms with van der Waals surface area (Å²) in [7, 11) is -1.86. The smallest absolute Gasteiger partial charge is 0.237 e. The van der Waals surface area contributed by atoms with E-state index in [9.17, 15) is 8.42 Å². The first-order chi connectivity index (χ1) is 9.59. The van der Waals surface area contributed by atoms with Gasteiger partial charge in [0.1, 0.15) is 23.9 Å². The minimum Gasteiger partial charge on any atom is -0.497 e. The highest BCUT2D eigenvalue weighted by Crippen LogP contribution is 2.17. The van der Waals surface area contributed by atoms with Gasteiger partial charge in [0.2, 0.25) is 10.0 Å². The molecule has 1 N–H and O–H groups in total. The third kappa shape index (κ3) is 4.39. The molecule has 1 aromatic carbocycles. The molecule has 0 aliphatic rings. The average molecular weight is 314 g/mol. The molecule has 0 radical (unpaired) electrons. The predicted molar refractivity (Wildman–Crippen MR) is 78.0 cm³/mol. The fourth-order valence-corrected chi connectivity index (χ4v) is 3.07. The lowest BCUT2D eigenvalue weighted by atomic mass is 10.3. The summed E-state index contributed by atoms with van der Waals surface area (Å²) in [5.74, 6) is 1.17. The summed E-state index contributed by atoms with van der Waals surface area (Å²) in [5.41, 5.74) is 0. The van der Waals surface area contributed by atoms with Gasteiger partial charge in [0.05, 0.1) is 7.11 Å². The molecule has 0 unspecified atom stereocenters. The van der Waals surface area contributed by atoms with Gasteiger partial charge >= 0.3 is 0 Å². The second-order valence-electron chi connectivity index (χ2n) is 3.78. The number of ether oxygens (including phenoxy) is 2. The van der Waals surface area contributed by atoms with Gasteiger partial charge in [-0.05, 0) is 24.3 Å². The molecule has 2 aromatic rings. The number of benzene rings is 1. The number of nitrogens with zero attached hydrogens (tertiary/aromatic N) is 1. The lowest BCUT2D eigenvalue weighted by Gasteiger charge is -2.08. The van der Waals surface area contributed by atoms with Crippen LogP contribution < -0.4 is 14.2 Å². The van der Waals surface area contributed by atoms with Crippen LogP contribution in [0.4, 0.5) is 5.13 Å². The Balaban J connectivity index is 1.82. The molecule has 6 nitrogen and oxygen atoms in total. The van der Waals surface area contributed by atoms with Crippen LogP contribution in [-0.2, 0) is 10.0 Å². The molecule has 0 aliphatic heterocycles. The number of aromatic nitrogens is 1. The van der Waals surface area contributed by atoms with Crippen molar-refractivity contribution in [2.75, 3.05) is 24.2 Å². The zero-order valence-corrected chi connectivity index (χ0v) is 12.4. The van der Waals surface area contributed by atoms with Crippen LogP contribution in [0.5, 0.6) is 11.5 Å². The van der Waals surface area contributed by atoms with Gasteiger partial charge in [-0.1, -0.05) is 0 Å². The maximum Gasteiger partial charge on any atom is 0.237 e. The van der Waals surface area contributed by atoms with Crippen LogP contribution in [0.1, 0.15) is 0 Å². The van der Waals surface area contributed by atoms with E-state index in [0.717, 1.165) is 5.75 Å². The topological polar surface area (TPSA) is 77.5 Å². The number of rotatable bonds is 7. The highest BCUT2D eigenvalue weighted by atomic mass is 32.2. The molecule has 20 heavy (non-hydrogen) atoms. The quantitative estimate of drug-likeness (QED) is 0.845. The normalized spacial score (nSPS) is 11.1. The number of thiazole rings is 1. The highest BCUT2D eigenvalue weighted by Gasteiger charge is 2.12. The largest absolute Gasteiger partial charge is 0.497 e. The Bertz CT molecular complexity index is 624. The number of methoxy groups -OCH3 is 1. The molecular formula is C12H14N2O4S2. The minimum atomic E-state index is -3.44. The molecule has 1 aromatic heterocycles. The fourth-order valence-electron chi connectivity index (χ4n) is 1.40. The van der Waals surface area contributed by atoms with Crippen LogP contribution in [0.3, 0.4) is 0 Å². The van der Waals surface area contributed by atoms with Gasteiger partial charge in [0.15, 0.2) is 5.13 Å². The summed E-state index contributed by atoms with van der Waals surface area (Å²) in [6.07, 6.45) is 1.54. The van der Waals surface area contributed by atoms with E-state index >= 15 is 0 Å². The monoisotopic (exact) mass is 314 g/mol. The van der Waals surface area contributed by atoms with E-state index < -0.39 is 10.0 Å². The summed E-state index contributed by atoms with van der Waals surface area (Å²) < 4.78 is 36.3. The lowest BCUT2D eigenvalue weighted by molar-refractivity contribution is 0.340. The van der Waals surface area contributed by atoms with E-state index in [0.29, 0.717) is 10.9 Å². The van der Waals surface area contributed by atoms with Crippen molar-refractivity contribution in [3.05, 3.63) is 35.8 Å². The first kappa shape index (κ1) is 14.6. The molecule has 0 saturated heterocycles. The zero-order chi connectivity index (χ0) is 14.4. The number of hydrogen-bond donors (Lipinski definition) is 1. The first-order valence-electron chi connectivity index (χ1n) is 5.76. The summed E-state index contributed by atoms with van der Waals surface area (Å²) >= 11 is 1.23. The predicted octanol–water partition coefficient (Wildman–Crippen LogP) is 1.97. The van der Waals surface area contributed by atoms with Gasteiger partial charge in [0, 0.05) is 11.6 Å². The molecule has 0 bridgehead atoms. The van der Waals surface area contributed by atoms with Gasteiger partial charge < -0.3 is 9.47 Å². The molecular weight excluding hydrogens is 300 g/mol. The van der Waals surface area contributed by atoms with Gasteiger partial charge in [-0.2, -0.15) is 0 Å². The molecule has 0 amide bonds. The Morgan fingerprint density at radius 2 is 1.95 bits per heavy atom. The van der Waals surface area contributed by atoms with Gasteiger partial charge in [-0.15, -0.1) is 11.3 Å². The van der Waals surface area contributed by atoms with E-state index in [1.807, 2.05) is 0 Å². The molecule has 0 atom stereocenters. The Hall–Kier alpha value is -1.80. The average Bonchev–Trinajstić information content (AvgIpc) is 2.91. The lowest BCUT2D eigenvalue weighted by Crippen LogP contribution is -2.21. The Kier molecular flexibility index (Phi) is 4.80. The summed E-state index contributed by atoms with van der Waals surface area (Å²) in [5, 5.41) is 2.06. The summed E-state index contributed by atoms with van der Waals surface area (Å²) in [6.45, 7) is 0.0625. The van der Waals surface area contributed by atoms with E-state index in [-0.39, 0.29) is 12.4 Å². The highest BCUT2D eigenvalue weighted by molar-refractivity contribution is 7.92. The van der Waals surface area contributed by atoms with Crippen molar-refractivity contribution in [3.63, 3.8) is 0 Å².